The summed E-state index contributed by atoms with van der Waals surface area (Å²) in [6.45, 7) is 0.442. The van der Waals surface area contributed by atoms with Crippen molar-refractivity contribution in [3.05, 3.63) is 48.0 Å². The van der Waals surface area contributed by atoms with E-state index in [4.69, 9.17) is 14.6 Å². The number of carbonyl (C=O) groups is 3. The normalized spacial score (nSPS) is 13.3. The number of rotatable bonds is 7. The first-order chi connectivity index (χ1) is 13.5. The summed E-state index contributed by atoms with van der Waals surface area (Å²) in [6.07, 6.45) is 1.37. The third-order valence-electron chi connectivity index (χ3n) is 4.29. The van der Waals surface area contributed by atoms with Gasteiger partial charge in [0, 0.05) is 36.5 Å². The van der Waals surface area contributed by atoms with Crippen LogP contribution in [0.2, 0.25) is 0 Å². The van der Waals surface area contributed by atoms with Gasteiger partial charge in [-0.15, -0.1) is 0 Å². The van der Waals surface area contributed by atoms with Crippen LogP contribution in [-0.2, 0) is 9.59 Å². The van der Waals surface area contributed by atoms with Gasteiger partial charge in [-0.1, -0.05) is 6.07 Å². The van der Waals surface area contributed by atoms with Crippen molar-refractivity contribution in [2.75, 3.05) is 30.5 Å². The Labute approximate surface area is 161 Å². The minimum atomic E-state index is -1.12. The minimum Gasteiger partial charge on any atom is -0.496 e. The Kier molecular flexibility index (Phi) is 5.78. The van der Waals surface area contributed by atoms with Crippen LogP contribution in [0, 0.1) is 0 Å². The molecule has 1 aliphatic rings. The SMILES string of the molecule is COc1cc(NC(=O)COc2cccc(N3CCCC3=O)c2)ccc1C(=O)O. The molecule has 8 heteroatoms. The van der Waals surface area contributed by atoms with Crippen molar-refractivity contribution in [2.45, 2.75) is 12.8 Å². The zero-order valence-corrected chi connectivity index (χ0v) is 15.3. The Morgan fingerprint density at radius 3 is 2.71 bits per heavy atom. The number of methoxy groups -OCH3 is 1. The van der Waals surface area contributed by atoms with Gasteiger partial charge in [0.2, 0.25) is 5.91 Å². The number of aromatic carboxylic acids is 1. The molecule has 0 spiro atoms. The number of nitrogens with one attached hydrogen (secondary N) is 1. The van der Waals surface area contributed by atoms with Crippen LogP contribution in [-0.4, -0.2) is 43.2 Å². The smallest absolute Gasteiger partial charge is 0.339 e. The van der Waals surface area contributed by atoms with Gasteiger partial charge >= 0.3 is 5.97 Å². The summed E-state index contributed by atoms with van der Waals surface area (Å²) < 4.78 is 10.6. The van der Waals surface area contributed by atoms with Gasteiger partial charge in [-0.3, -0.25) is 9.59 Å². The molecule has 1 fully saturated rings. The molecule has 8 nitrogen and oxygen atoms in total. The summed E-state index contributed by atoms with van der Waals surface area (Å²) in [5, 5.41) is 11.7. The lowest BCUT2D eigenvalue weighted by Gasteiger charge is -2.16. The Balaban J connectivity index is 1.60. The van der Waals surface area contributed by atoms with E-state index in [0.717, 1.165) is 12.1 Å². The summed E-state index contributed by atoms with van der Waals surface area (Å²) in [7, 11) is 1.36. The van der Waals surface area contributed by atoms with Crippen molar-refractivity contribution in [2.24, 2.45) is 0 Å². The highest BCUT2D eigenvalue weighted by atomic mass is 16.5. The number of amides is 2. The molecule has 2 aromatic rings. The molecule has 0 radical (unpaired) electrons. The fraction of sp³-hybridized carbons (Fsp3) is 0.250. The van der Waals surface area contributed by atoms with E-state index in [-0.39, 0.29) is 23.8 Å². The maximum Gasteiger partial charge on any atom is 0.339 e. The fourth-order valence-corrected chi connectivity index (χ4v) is 2.95. The fourth-order valence-electron chi connectivity index (χ4n) is 2.95. The summed E-state index contributed by atoms with van der Waals surface area (Å²) in [4.78, 5) is 36.8. The lowest BCUT2D eigenvalue weighted by atomic mass is 10.2. The van der Waals surface area contributed by atoms with Crippen molar-refractivity contribution in [3.8, 4) is 11.5 Å². The molecule has 0 saturated carbocycles. The first-order valence-electron chi connectivity index (χ1n) is 8.72. The van der Waals surface area contributed by atoms with E-state index in [1.807, 2.05) is 6.07 Å². The van der Waals surface area contributed by atoms with E-state index < -0.39 is 11.9 Å². The van der Waals surface area contributed by atoms with Gasteiger partial charge in [-0.05, 0) is 30.7 Å². The Hall–Kier alpha value is -3.55. The van der Waals surface area contributed by atoms with Crippen molar-refractivity contribution < 1.29 is 29.0 Å². The lowest BCUT2D eigenvalue weighted by Crippen LogP contribution is -2.24. The summed E-state index contributed by atoms with van der Waals surface area (Å²) >= 11 is 0. The van der Waals surface area contributed by atoms with E-state index in [9.17, 15) is 14.4 Å². The minimum absolute atomic E-state index is 0.00465. The number of ether oxygens (including phenoxy) is 2. The van der Waals surface area contributed by atoms with Gasteiger partial charge < -0.3 is 24.8 Å². The number of nitrogens with zero attached hydrogens (tertiary/aromatic N) is 1. The molecule has 1 aliphatic heterocycles. The summed E-state index contributed by atoms with van der Waals surface area (Å²) in [5.41, 5.74) is 1.14. The highest BCUT2D eigenvalue weighted by molar-refractivity contribution is 5.96. The second-order valence-corrected chi connectivity index (χ2v) is 6.20. The molecule has 146 valence electrons. The molecule has 2 amide bonds. The first kappa shape index (κ1) is 19.2. The van der Waals surface area contributed by atoms with Crippen LogP contribution < -0.4 is 19.7 Å². The van der Waals surface area contributed by atoms with Gasteiger partial charge in [0.25, 0.3) is 5.91 Å². The molecule has 1 saturated heterocycles. The van der Waals surface area contributed by atoms with Crippen LogP contribution in [0.5, 0.6) is 11.5 Å². The Bertz CT molecular complexity index is 911. The summed E-state index contributed by atoms with van der Waals surface area (Å²) in [5.74, 6) is -0.823. The molecule has 0 atom stereocenters. The number of hydrogen-bond donors (Lipinski definition) is 2. The first-order valence-corrected chi connectivity index (χ1v) is 8.72. The van der Waals surface area contributed by atoms with Crippen LogP contribution in [0.3, 0.4) is 0 Å². The second-order valence-electron chi connectivity index (χ2n) is 6.20. The standard InChI is InChI=1S/C20H20N2O6/c1-27-17-10-13(7-8-16(17)20(25)26)21-18(23)12-28-15-5-2-4-14(11-15)22-9-3-6-19(22)24/h2,4-5,7-8,10-11H,3,6,9,12H2,1H3,(H,21,23)(H,25,26). The third-order valence-corrected chi connectivity index (χ3v) is 4.29. The number of carboxylic acid groups (broad SMARTS) is 1. The molecule has 2 aromatic carbocycles. The van der Waals surface area contributed by atoms with E-state index in [1.54, 1.807) is 23.1 Å². The van der Waals surface area contributed by atoms with E-state index in [2.05, 4.69) is 5.32 Å². The predicted octanol–water partition coefficient (Wildman–Crippen LogP) is 2.54. The van der Waals surface area contributed by atoms with Crippen molar-refractivity contribution >= 4 is 29.2 Å². The quantitative estimate of drug-likeness (QED) is 0.760. The number of hydrogen-bond acceptors (Lipinski definition) is 5. The molecule has 28 heavy (non-hydrogen) atoms. The molecule has 3 rings (SSSR count). The third kappa shape index (κ3) is 4.40. The van der Waals surface area contributed by atoms with Crippen molar-refractivity contribution in [1.82, 2.24) is 0 Å². The van der Waals surface area contributed by atoms with Gasteiger partial charge in [-0.25, -0.2) is 4.79 Å². The topological polar surface area (TPSA) is 105 Å². The second kappa shape index (κ2) is 8.43. The molecular weight excluding hydrogens is 364 g/mol. The van der Waals surface area contributed by atoms with Crippen LogP contribution in [0.1, 0.15) is 23.2 Å². The maximum absolute atomic E-state index is 12.1. The average Bonchev–Trinajstić information content (AvgIpc) is 3.12. The van der Waals surface area contributed by atoms with Crippen molar-refractivity contribution in [1.29, 1.82) is 0 Å². The molecule has 0 bridgehead atoms. The lowest BCUT2D eigenvalue weighted by molar-refractivity contribution is -0.118. The number of carbonyl (C=O) groups excluding carboxylic acids is 2. The predicted molar refractivity (Wildman–Crippen MR) is 102 cm³/mol. The Morgan fingerprint density at radius 2 is 2.04 bits per heavy atom. The molecule has 2 N–H and O–H groups in total. The molecule has 1 heterocycles. The Morgan fingerprint density at radius 1 is 1.21 bits per heavy atom. The summed E-state index contributed by atoms with van der Waals surface area (Å²) in [6, 6.07) is 11.3. The van der Waals surface area contributed by atoms with Gasteiger partial charge in [0.05, 0.1) is 7.11 Å². The average molecular weight is 384 g/mol. The number of benzene rings is 2. The van der Waals surface area contributed by atoms with Crippen LogP contribution in [0.15, 0.2) is 42.5 Å². The van der Waals surface area contributed by atoms with E-state index in [1.165, 1.54) is 25.3 Å². The van der Waals surface area contributed by atoms with E-state index >= 15 is 0 Å². The van der Waals surface area contributed by atoms with Gasteiger partial charge in [-0.2, -0.15) is 0 Å². The van der Waals surface area contributed by atoms with Gasteiger partial charge in [0.1, 0.15) is 17.1 Å². The van der Waals surface area contributed by atoms with Gasteiger partial charge in [0.15, 0.2) is 6.61 Å². The number of carboxylic acids is 1. The van der Waals surface area contributed by atoms with Crippen molar-refractivity contribution in [3.63, 3.8) is 0 Å². The molecule has 0 aromatic heterocycles. The highest BCUT2D eigenvalue weighted by Crippen LogP contribution is 2.26. The molecular formula is C20H20N2O6. The molecule has 0 aliphatic carbocycles. The number of anilines is 2. The zero-order chi connectivity index (χ0) is 20.1. The largest absolute Gasteiger partial charge is 0.496 e. The van der Waals surface area contributed by atoms with E-state index in [0.29, 0.717) is 24.4 Å². The van der Waals surface area contributed by atoms with Crippen LogP contribution in [0.25, 0.3) is 0 Å². The maximum atomic E-state index is 12.1. The van der Waals surface area contributed by atoms with Crippen LogP contribution in [0.4, 0.5) is 11.4 Å². The monoisotopic (exact) mass is 384 g/mol. The zero-order valence-electron chi connectivity index (χ0n) is 15.3. The highest BCUT2D eigenvalue weighted by Gasteiger charge is 2.22. The van der Waals surface area contributed by atoms with Crippen LogP contribution >= 0.6 is 0 Å². The molecule has 0 unspecified atom stereocenters.